The van der Waals surface area contributed by atoms with Gasteiger partial charge in [-0.05, 0) is 30.2 Å². The molecular weight excluding hydrogens is 202 g/mol. The molecule has 1 heterocycles. The van der Waals surface area contributed by atoms with Crippen LogP contribution in [0.3, 0.4) is 0 Å². The number of sulfonamides is 1. The van der Waals surface area contributed by atoms with E-state index < -0.39 is 10.0 Å². The van der Waals surface area contributed by atoms with E-state index in [0.29, 0.717) is 12.1 Å². The fourth-order valence-electron chi connectivity index (χ4n) is 1.47. The van der Waals surface area contributed by atoms with Crippen LogP contribution < -0.4 is 9.46 Å². The first kappa shape index (κ1) is 9.33. The molecule has 0 saturated heterocycles. The summed E-state index contributed by atoms with van der Waals surface area (Å²) < 4.78 is 30.0. The maximum atomic E-state index is 11.2. The van der Waals surface area contributed by atoms with Crippen LogP contribution in [-0.4, -0.2) is 21.3 Å². The average Bonchev–Trinajstić information content (AvgIpc) is 2.16. The van der Waals surface area contributed by atoms with Gasteiger partial charge in [-0.15, -0.1) is 0 Å². The number of fused-ring (bicyclic) bond motifs is 1. The van der Waals surface area contributed by atoms with Crippen LogP contribution in [0.15, 0.2) is 18.2 Å². The Morgan fingerprint density at radius 1 is 1.43 bits per heavy atom. The maximum absolute atomic E-state index is 11.2. The minimum atomic E-state index is -3.11. The quantitative estimate of drug-likeness (QED) is 0.757. The molecule has 0 saturated carbocycles. The van der Waals surface area contributed by atoms with Crippen molar-refractivity contribution >= 4 is 15.7 Å². The second kappa shape index (κ2) is 3.16. The summed E-state index contributed by atoms with van der Waals surface area (Å²) in [7, 11) is -1.51. The predicted octanol–water partition coefficient (Wildman–Crippen LogP) is 0.993. The number of nitrogens with one attached hydrogen (secondary N) is 1. The van der Waals surface area contributed by atoms with Gasteiger partial charge >= 0.3 is 0 Å². The molecule has 4 nitrogen and oxygen atoms in total. The summed E-state index contributed by atoms with van der Waals surface area (Å²) in [6, 6.07) is 5.33. The first-order valence-electron chi connectivity index (χ1n) is 4.28. The van der Waals surface area contributed by atoms with E-state index in [-0.39, 0.29) is 5.75 Å². The molecule has 0 fully saturated rings. The van der Waals surface area contributed by atoms with Gasteiger partial charge < -0.3 is 4.74 Å². The third-order valence-electron chi connectivity index (χ3n) is 2.22. The first-order chi connectivity index (χ1) is 6.61. The molecule has 0 bridgehead atoms. The van der Waals surface area contributed by atoms with Gasteiger partial charge in [-0.25, -0.2) is 8.42 Å². The van der Waals surface area contributed by atoms with E-state index in [2.05, 4.69) is 4.72 Å². The monoisotopic (exact) mass is 213 g/mol. The number of methoxy groups -OCH3 is 1. The molecule has 2 rings (SSSR count). The zero-order chi connectivity index (χ0) is 10.2. The zero-order valence-electron chi connectivity index (χ0n) is 7.78. The first-order valence-corrected chi connectivity index (χ1v) is 5.93. The van der Waals surface area contributed by atoms with Gasteiger partial charge in [0.15, 0.2) is 0 Å². The van der Waals surface area contributed by atoms with Crippen molar-refractivity contribution in [1.29, 1.82) is 0 Å². The lowest BCUT2D eigenvalue weighted by Crippen LogP contribution is -2.23. The molecule has 5 heteroatoms. The number of aryl methyl sites for hydroxylation is 1. The molecule has 14 heavy (non-hydrogen) atoms. The van der Waals surface area contributed by atoms with E-state index in [1.165, 1.54) is 0 Å². The number of rotatable bonds is 1. The van der Waals surface area contributed by atoms with Crippen molar-refractivity contribution in [3.05, 3.63) is 23.8 Å². The number of hydrogen-bond donors (Lipinski definition) is 1. The van der Waals surface area contributed by atoms with Crippen molar-refractivity contribution in [2.75, 3.05) is 17.6 Å². The second-order valence-electron chi connectivity index (χ2n) is 3.19. The van der Waals surface area contributed by atoms with E-state index in [1.807, 2.05) is 6.07 Å². The van der Waals surface area contributed by atoms with Crippen molar-refractivity contribution < 1.29 is 13.2 Å². The molecule has 1 aromatic rings. The predicted molar refractivity (Wildman–Crippen MR) is 54.1 cm³/mol. The molecule has 0 radical (unpaired) electrons. The van der Waals surface area contributed by atoms with Crippen LogP contribution in [0.5, 0.6) is 5.75 Å². The number of hydrogen-bond acceptors (Lipinski definition) is 3. The highest BCUT2D eigenvalue weighted by atomic mass is 32.2. The summed E-state index contributed by atoms with van der Waals surface area (Å²) in [6.45, 7) is 0. The Morgan fingerprint density at radius 3 is 2.93 bits per heavy atom. The topological polar surface area (TPSA) is 55.4 Å². The molecular formula is C9H11NO3S. The molecule has 0 atom stereocenters. The Balaban J connectivity index is 2.42. The molecule has 0 aromatic heterocycles. The number of anilines is 1. The Kier molecular flexibility index (Phi) is 2.11. The van der Waals surface area contributed by atoms with Crippen molar-refractivity contribution in [2.24, 2.45) is 0 Å². The van der Waals surface area contributed by atoms with E-state index in [9.17, 15) is 8.42 Å². The Bertz CT molecular complexity index is 453. The lowest BCUT2D eigenvalue weighted by molar-refractivity contribution is 0.414. The van der Waals surface area contributed by atoms with E-state index in [0.717, 1.165) is 11.3 Å². The smallest absolute Gasteiger partial charge is 0.233 e. The summed E-state index contributed by atoms with van der Waals surface area (Å²) in [5, 5.41) is 0. The van der Waals surface area contributed by atoms with E-state index in [4.69, 9.17) is 4.74 Å². The van der Waals surface area contributed by atoms with Crippen LogP contribution in [-0.2, 0) is 16.4 Å². The largest absolute Gasteiger partial charge is 0.497 e. The van der Waals surface area contributed by atoms with Crippen LogP contribution in [0.4, 0.5) is 5.69 Å². The average molecular weight is 213 g/mol. The fourth-order valence-corrected chi connectivity index (χ4v) is 2.59. The second-order valence-corrected chi connectivity index (χ2v) is 5.04. The fraction of sp³-hybridized carbons (Fsp3) is 0.333. The Morgan fingerprint density at radius 2 is 2.21 bits per heavy atom. The highest BCUT2D eigenvalue weighted by Gasteiger charge is 2.19. The van der Waals surface area contributed by atoms with E-state index in [1.54, 1.807) is 19.2 Å². The van der Waals surface area contributed by atoms with Crippen LogP contribution in [0, 0.1) is 0 Å². The molecule has 1 aliphatic heterocycles. The molecule has 0 amide bonds. The van der Waals surface area contributed by atoms with Crippen LogP contribution >= 0.6 is 0 Å². The molecule has 0 spiro atoms. The standard InChI is InChI=1S/C9H11NO3S/c1-13-8-2-3-9-7(6-8)4-5-14(11,12)10-9/h2-3,6,10H,4-5H2,1H3. The lowest BCUT2D eigenvalue weighted by Gasteiger charge is -2.18. The van der Waals surface area contributed by atoms with Crippen molar-refractivity contribution in [2.45, 2.75) is 6.42 Å². The van der Waals surface area contributed by atoms with Gasteiger partial charge in [0.25, 0.3) is 0 Å². The van der Waals surface area contributed by atoms with Crippen LogP contribution in [0.1, 0.15) is 5.56 Å². The maximum Gasteiger partial charge on any atom is 0.233 e. The summed E-state index contributed by atoms with van der Waals surface area (Å²) in [5.41, 5.74) is 1.65. The number of ether oxygens (including phenoxy) is 1. The van der Waals surface area contributed by atoms with Gasteiger partial charge in [0.05, 0.1) is 18.6 Å². The molecule has 76 valence electrons. The third-order valence-corrected chi connectivity index (χ3v) is 3.49. The van der Waals surface area contributed by atoms with Crippen molar-refractivity contribution in [1.82, 2.24) is 0 Å². The van der Waals surface area contributed by atoms with Crippen LogP contribution in [0.25, 0.3) is 0 Å². The van der Waals surface area contributed by atoms with Gasteiger partial charge in [0.2, 0.25) is 10.0 Å². The zero-order valence-corrected chi connectivity index (χ0v) is 8.60. The molecule has 0 unspecified atom stereocenters. The summed E-state index contributed by atoms with van der Waals surface area (Å²) in [5.74, 6) is 0.900. The van der Waals surface area contributed by atoms with Crippen molar-refractivity contribution in [3.8, 4) is 5.75 Å². The van der Waals surface area contributed by atoms with E-state index >= 15 is 0 Å². The highest BCUT2D eigenvalue weighted by molar-refractivity contribution is 7.92. The molecule has 1 aromatic carbocycles. The minimum Gasteiger partial charge on any atom is -0.497 e. The normalized spacial score (nSPS) is 18.1. The highest BCUT2D eigenvalue weighted by Crippen LogP contribution is 2.26. The van der Waals surface area contributed by atoms with Gasteiger partial charge in [-0.3, -0.25) is 4.72 Å². The Hall–Kier alpha value is -1.23. The minimum absolute atomic E-state index is 0.146. The van der Waals surface area contributed by atoms with Crippen molar-refractivity contribution in [3.63, 3.8) is 0 Å². The summed E-state index contributed by atoms with van der Waals surface area (Å²) in [6.07, 6.45) is 0.544. The molecule has 0 aliphatic carbocycles. The van der Waals surface area contributed by atoms with Gasteiger partial charge in [-0.2, -0.15) is 0 Å². The molecule has 1 aliphatic rings. The van der Waals surface area contributed by atoms with Gasteiger partial charge in [0.1, 0.15) is 5.75 Å². The van der Waals surface area contributed by atoms with Gasteiger partial charge in [-0.1, -0.05) is 0 Å². The van der Waals surface area contributed by atoms with Crippen LogP contribution in [0.2, 0.25) is 0 Å². The summed E-state index contributed by atoms with van der Waals surface area (Å²) >= 11 is 0. The SMILES string of the molecule is COc1ccc2c(c1)CCS(=O)(=O)N2. The number of benzene rings is 1. The molecule has 1 N–H and O–H groups in total. The lowest BCUT2D eigenvalue weighted by atomic mass is 10.1. The third kappa shape index (κ3) is 1.68. The summed E-state index contributed by atoms with van der Waals surface area (Å²) in [4.78, 5) is 0. The van der Waals surface area contributed by atoms with Gasteiger partial charge in [0, 0.05) is 0 Å². The Labute approximate surface area is 82.9 Å².